The Labute approximate surface area is 131 Å². The fourth-order valence-electron chi connectivity index (χ4n) is 2.57. The molecule has 0 amide bonds. The van der Waals surface area contributed by atoms with E-state index in [0.717, 1.165) is 25.9 Å². The van der Waals surface area contributed by atoms with E-state index in [1.807, 2.05) is 7.05 Å². The molecule has 1 aliphatic heterocycles. The minimum Gasteiger partial charge on any atom is -0.392 e. The summed E-state index contributed by atoms with van der Waals surface area (Å²) in [5.74, 6) is 0.339. The fraction of sp³-hybridized carbons (Fsp3) is 0.571. The van der Waals surface area contributed by atoms with E-state index in [2.05, 4.69) is 9.62 Å². The summed E-state index contributed by atoms with van der Waals surface area (Å²) in [6.45, 7) is 2.21. The van der Waals surface area contributed by atoms with Gasteiger partial charge in [-0.1, -0.05) is 17.7 Å². The number of piperidine rings is 1. The molecule has 0 spiro atoms. The van der Waals surface area contributed by atoms with Crippen LogP contribution in [-0.2, 0) is 16.6 Å². The highest BCUT2D eigenvalue weighted by atomic mass is 35.5. The number of halogens is 1. The van der Waals surface area contributed by atoms with Crippen LogP contribution in [0.25, 0.3) is 0 Å². The Morgan fingerprint density at radius 3 is 2.86 bits per heavy atom. The largest absolute Gasteiger partial charge is 0.392 e. The van der Waals surface area contributed by atoms with Crippen molar-refractivity contribution in [2.24, 2.45) is 5.92 Å². The Bertz CT molecular complexity index is 592. The second-order valence-corrected chi connectivity index (χ2v) is 7.71. The van der Waals surface area contributed by atoms with E-state index in [-0.39, 0.29) is 16.5 Å². The second kappa shape index (κ2) is 7.07. The van der Waals surface area contributed by atoms with Crippen molar-refractivity contribution in [2.45, 2.75) is 24.3 Å². The predicted octanol–water partition coefficient (Wildman–Crippen LogP) is 1.45. The third-order valence-corrected chi connectivity index (χ3v) is 5.56. The van der Waals surface area contributed by atoms with Crippen LogP contribution in [0.5, 0.6) is 0 Å². The number of benzene rings is 1. The Morgan fingerprint density at radius 2 is 2.24 bits per heavy atom. The van der Waals surface area contributed by atoms with Crippen molar-refractivity contribution in [3.8, 4) is 0 Å². The molecule has 1 saturated heterocycles. The van der Waals surface area contributed by atoms with Crippen LogP contribution in [0.2, 0.25) is 5.02 Å². The van der Waals surface area contributed by atoms with Crippen LogP contribution >= 0.6 is 11.6 Å². The van der Waals surface area contributed by atoms with Gasteiger partial charge in [-0.15, -0.1) is 0 Å². The SMILES string of the molecule is CN1CCCC(CNS(=O)(=O)c2ccc(CO)c(Cl)c2)C1. The summed E-state index contributed by atoms with van der Waals surface area (Å²) in [6.07, 6.45) is 2.14. The van der Waals surface area contributed by atoms with E-state index < -0.39 is 10.0 Å². The van der Waals surface area contributed by atoms with Crippen LogP contribution in [0, 0.1) is 5.92 Å². The summed E-state index contributed by atoms with van der Waals surface area (Å²) >= 11 is 5.94. The third kappa shape index (κ3) is 4.40. The van der Waals surface area contributed by atoms with Crippen molar-refractivity contribution in [2.75, 3.05) is 26.7 Å². The van der Waals surface area contributed by atoms with E-state index in [9.17, 15) is 8.42 Å². The maximum atomic E-state index is 12.3. The van der Waals surface area contributed by atoms with Gasteiger partial charge in [-0.05, 0) is 50.0 Å². The van der Waals surface area contributed by atoms with Gasteiger partial charge in [-0.2, -0.15) is 0 Å². The summed E-state index contributed by atoms with van der Waals surface area (Å²) in [6, 6.07) is 4.38. The van der Waals surface area contributed by atoms with Crippen LogP contribution in [-0.4, -0.2) is 45.1 Å². The Hall–Kier alpha value is -0.660. The third-order valence-electron chi connectivity index (χ3n) is 3.79. The highest BCUT2D eigenvalue weighted by Crippen LogP contribution is 2.21. The van der Waals surface area contributed by atoms with Gasteiger partial charge in [0.1, 0.15) is 0 Å². The van der Waals surface area contributed by atoms with Crippen LogP contribution in [0.15, 0.2) is 23.1 Å². The minimum absolute atomic E-state index is 0.133. The predicted molar refractivity (Wildman–Crippen MR) is 82.8 cm³/mol. The summed E-state index contributed by atoms with van der Waals surface area (Å²) in [7, 11) is -1.51. The van der Waals surface area contributed by atoms with Crippen molar-refractivity contribution < 1.29 is 13.5 Å². The first kappa shape index (κ1) is 16.7. The summed E-state index contributed by atoms with van der Waals surface area (Å²) < 4.78 is 27.2. The highest BCUT2D eigenvalue weighted by Gasteiger charge is 2.21. The number of nitrogens with one attached hydrogen (secondary N) is 1. The molecule has 1 atom stereocenters. The summed E-state index contributed by atoms with van der Waals surface area (Å²) in [4.78, 5) is 2.35. The van der Waals surface area contributed by atoms with Crippen molar-refractivity contribution in [1.29, 1.82) is 0 Å². The Kier molecular flexibility index (Phi) is 5.62. The molecule has 1 aromatic rings. The molecule has 7 heteroatoms. The molecule has 2 rings (SSSR count). The lowest BCUT2D eigenvalue weighted by Gasteiger charge is -2.29. The monoisotopic (exact) mass is 332 g/mol. The molecule has 1 fully saturated rings. The van der Waals surface area contributed by atoms with Crippen LogP contribution in [0.4, 0.5) is 0 Å². The second-order valence-electron chi connectivity index (χ2n) is 5.53. The average Bonchev–Trinajstić information content (AvgIpc) is 2.45. The van der Waals surface area contributed by atoms with Crippen LogP contribution < -0.4 is 4.72 Å². The maximum Gasteiger partial charge on any atom is 0.240 e. The molecule has 5 nitrogen and oxygen atoms in total. The number of aliphatic hydroxyl groups excluding tert-OH is 1. The quantitative estimate of drug-likeness (QED) is 0.856. The van der Waals surface area contributed by atoms with Gasteiger partial charge in [0.15, 0.2) is 0 Å². The van der Waals surface area contributed by atoms with E-state index in [1.165, 1.54) is 18.2 Å². The molecule has 0 saturated carbocycles. The molecule has 0 radical (unpaired) electrons. The lowest BCUT2D eigenvalue weighted by Crippen LogP contribution is -2.39. The van der Waals surface area contributed by atoms with E-state index in [1.54, 1.807) is 0 Å². The number of sulfonamides is 1. The van der Waals surface area contributed by atoms with E-state index >= 15 is 0 Å². The number of rotatable bonds is 5. The average molecular weight is 333 g/mol. The topological polar surface area (TPSA) is 69.6 Å². The number of likely N-dealkylation sites (tertiary alicyclic amines) is 1. The van der Waals surface area contributed by atoms with Crippen molar-refractivity contribution in [3.05, 3.63) is 28.8 Å². The zero-order chi connectivity index (χ0) is 15.5. The van der Waals surface area contributed by atoms with Crippen molar-refractivity contribution in [3.63, 3.8) is 0 Å². The molecule has 21 heavy (non-hydrogen) atoms. The van der Waals surface area contributed by atoms with E-state index in [0.29, 0.717) is 18.0 Å². The van der Waals surface area contributed by atoms with Crippen molar-refractivity contribution >= 4 is 21.6 Å². The number of aliphatic hydroxyl groups is 1. The van der Waals surface area contributed by atoms with Gasteiger partial charge < -0.3 is 10.0 Å². The summed E-state index contributed by atoms with van der Waals surface area (Å²) in [5, 5.41) is 9.32. The number of hydrogen-bond donors (Lipinski definition) is 2. The first-order valence-electron chi connectivity index (χ1n) is 7.00. The van der Waals surface area contributed by atoms with Gasteiger partial charge in [-0.3, -0.25) is 0 Å². The summed E-state index contributed by atoms with van der Waals surface area (Å²) in [5.41, 5.74) is 0.518. The van der Waals surface area contributed by atoms with Crippen molar-refractivity contribution in [1.82, 2.24) is 9.62 Å². The Morgan fingerprint density at radius 1 is 1.48 bits per heavy atom. The first-order valence-corrected chi connectivity index (χ1v) is 8.86. The molecule has 118 valence electrons. The fourth-order valence-corrected chi connectivity index (χ4v) is 4.02. The zero-order valence-corrected chi connectivity index (χ0v) is 13.6. The molecular weight excluding hydrogens is 312 g/mol. The molecule has 2 N–H and O–H groups in total. The standard InChI is InChI=1S/C14H21ClN2O3S/c1-17-6-2-3-11(9-17)8-16-21(19,20)13-5-4-12(10-18)14(15)7-13/h4-5,7,11,16,18H,2-3,6,8-10H2,1H3. The molecule has 1 aliphatic rings. The van der Waals surface area contributed by atoms with Gasteiger partial charge in [0, 0.05) is 18.1 Å². The molecule has 0 aromatic heterocycles. The molecule has 1 heterocycles. The maximum absolute atomic E-state index is 12.3. The van der Waals surface area contributed by atoms with Crippen LogP contribution in [0.1, 0.15) is 18.4 Å². The molecule has 1 aromatic carbocycles. The molecular formula is C14H21ClN2O3S. The van der Waals surface area contributed by atoms with Crippen LogP contribution in [0.3, 0.4) is 0 Å². The molecule has 0 bridgehead atoms. The molecule has 1 unspecified atom stereocenters. The Balaban J connectivity index is 2.02. The lowest BCUT2D eigenvalue weighted by molar-refractivity contribution is 0.211. The number of nitrogens with zero attached hydrogens (tertiary/aromatic N) is 1. The first-order chi connectivity index (χ1) is 9.92. The number of hydrogen-bond acceptors (Lipinski definition) is 4. The highest BCUT2D eigenvalue weighted by molar-refractivity contribution is 7.89. The minimum atomic E-state index is -3.56. The van der Waals surface area contributed by atoms with Gasteiger partial charge in [-0.25, -0.2) is 13.1 Å². The van der Waals surface area contributed by atoms with Gasteiger partial charge >= 0.3 is 0 Å². The van der Waals surface area contributed by atoms with Gasteiger partial charge in [0.05, 0.1) is 11.5 Å². The lowest BCUT2D eigenvalue weighted by atomic mass is 9.99. The van der Waals surface area contributed by atoms with E-state index in [4.69, 9.17) is 16.7 Å². The zero-order valence-electron chi connectivity index (χ0n) is 12.0. The smallest absolute Gasteiger partial charge is 0.240 e. The molecule has 0 aliphatic carbocycles. The normalized spacial score (nSPS) is 20.6. The van der Waals surface area contributed by atoms with Gasteiger partial charge in [0.2, 0.25) is 10.0 Å². The van der Waals surface area contributed by atoms with Gasteiger partial charge in [0.25, 0.3) is 0 Å².